The molecule has 0 amide bonds. The lowest BCUT2D eigenvalue weighted by molar-refractivity contribution is 1.20. The Morgan fingerprint density at radius 3 is 2.37 bits per heavy atom. The van der Waals surface area contributed by atoms with Crippen molar-refractivity contribution < 1.29 is 0 Å². The molecule has 0 aliphatic carbocycles. The third kappa shape index (κ3) is 2.08. The molecule has 0 N–H and O–H groups in total. The van der Waals surface area contributed by atoms with Crippen LogP contribution < -0.4 is 0 Å². The molecule has 0 aliphatic heterocycles. The average molecular weight is 269 g/mol. The summed E-state index contributed by atoms with van der Waals surface area (Å²) in [6.07, 6.45) is 0. The molecule has 0 atom stereocenters. The maximum Gasteiger partial charge on any atom is 0.161 e. The van der Waals surface area contributed by atoms with Crippen LogP contribution in [0, 0.1) is 13.8 Å². The molecule has 2 nitrogen and oxygen atoms in total. The molecule has 94 valence electrons. The van der Waals surface area contributed by atoms with Crippen LogP contribution in [-0.2, 0) is 0 Å². The van der Waals surface area contributed by atoms with Gasteiger partial charge < -0.3 is 0 Å². The van der Waals surface area contributed by atoms with Gasteiger partial charge in [-0.25, -0.2) is 9.97 Å². The summed E-state index contributed by atoms with van der Waals surface area (Å²) in [5, 5.41) is 1.41. The first-order chi connectivity index (χ1) is 9.16. The molecule has 0 aliphatic rings. The van der Waals surface area contributed by atoms with Crippen molar-refractivity contribution in [3.05, 3.63) is 58.7 Å². The van der Waals surface area contributed by atoms with Gasteiger partial charge in [0, 0.05) is 10.9 Å². The van der Waals surface area contributed by atoms with E-state index in [4.69, 9.17) is 11.6 Å². The van der Waals surface area contributed by atoms with Gasteiger partial charge in [0.1, 0.15) is 5.15 Å². The summed E-state index contributed by atoms with van der Waals surface area (Å²) < 4.78 is 0. The lowest BCUT2D eigenvalue weighted by Crippen LogP contribution is -1.95. The molecule has 3 aromatic rings. The maximum absolute atomic E-state index is 6.29. The zero-order valence-corrected chi connectivity index (χ0v) is 11.6. The largest absolute Gasteiger partial charge is 0.228 e. The van der Waals surface area contributed by atoms with Crippen LogP contribution >= 0.6 is 11.6 Å². The molecule has 1 aromatic heterocycles. The van der Waals surface area contributed by atoms with Crippen LogP contribution in [0.4, 0.5) is 0 Å². The average Bonchev–Trinajstić information content (AvgIpc) is 2.40. The van der Waals surface area contributed by atoms with Crippen LogP contribution in [0.1, 0.15) is 11.1 Å². The fourth-order valence-corrected chi connectivity index (χ4v) is 2.43. The second-order valence-electron chi connectivity index (χ2n) is 4.62. The summed E-state index contributed by atoms with van der Waals surface area (Å²) in [5.74, 6) is 0.685. The summed E-state index contributed by atoms with van der Waals surface area (Å²) in [6, 6.07) is 14.0. The Hall–Kier alpha value is -1.93. The monoisotopic (exact) mass is 268 g/mol. The quantitative estimate of drug-likeness (QED) is 0.604. The lowest BCUT2D eigenvalue weighted by atomic mass is 10.1. The molecule has 0 bridgehead atoms. The number of aryl methyl sites for hydroxylation is 2. The molecular weight excluding hydrogens is 256 g/mol. The van der Waals surface area contributed by atoms with E-state index >= 15 is 0 Å². The first-order valence-corrected chi connectivity index (χ1v) is 6.53. The normalized spacial score (nSPS) is 10.9. The molecule has 1 heterocycles. The maximum atomic E-state index is 6.29. The van der Waals surface area contributed by atoms with Gasteiger partial charge in [0.15, 0.2) is 5.82 Å². The first-order valence-electron chi connectivity index (χ1n) is 6.15. The van der Waals surface area contributed by atoms with Crippen LogP contribution in [-0.4, -0.2) is 9.97 Å². The van der Waals surface area contributed by atoms with Crippen LogP contribution in [0.5, 0.6) is 0 Å². The van der Waals surface area contributed by atoms with E-state index in [1.807, 2.05) is 43.3 Å². The zero-order chi connectivity index (χ0) is 13.4. The van der Waals surface area contributed by atoms with E-state index in [-0.39, 0.29) is 0 Å². The van der Waals surface area contributed by atoms with Gasteiger partial charge in [0.25, 0.3) is 0 Å². The van der Waals surface area contributed by atoms with Crippen molar-refractivity contribution in [2.24, 2.45) is 0 Å². The number of hydrogen-bond donors (Lipinski definition) is 0. The summed E-state index contributed by atoms with van der Waals surface area (Å²) in [6.45, 7) is 4.09. The number of fused-ring (bicyclic) bond motifs is 1. The number of hydrogen-bond acceptors (Lipinski definition) is 2. The Kier molecular flexibility index (Phi) is 2.96. The molecule has 19 heavy (non-hydrogen) atoms. The number of aromatic nitrogens is 2. The summed E-state index contributed by atoms with van der Waals surface area (Å²) in [5.41, 5.74) is 4.19. The van der Waals surface area contributed by atoms with Crippen LogP contribution in [0.25, 0.3) is 22.3 Å². The molecule has 0 spiro atoms. The smallest absolute Gasteiger partial charge is 0.161 e. The van der Waals surface area contributed by atoms with E-state index in [0.717, 1.165) is 27.6 Å². The van der Waals surface area contributed by atoms with Gasteiger partial charge in [0.05, 0.1) is 5.52 Å². The van der Waals surface area contributed by atoms with Crippen molar-refractivity contribution in [1.29, 1.82) is 0 Å². The van der Waals surface area contributed by atoms with Crippen LogP contribution in [0.2, 0.25) is 5.15 Å². The van der Waals surface area contributed by atoms with E-state index in [2.05, 4.69) is 23.0 Å². The lowest BCUT2D eigenvalue weighted by Gasteiger charge is -2.08. The SMILES string of the molecule is Cc1ccccc1-c1nc(Cl)c2cccc(C)c2n1. The van der Waals surface area contributed by atoms with E-state index < -0.39 is 0 Å². The van der Waals surface area contributed by atoms with E-state index in [1.54, 1.807) is 0 Å². The molecule has 0 saturated carbocycles. The third-order valence-electron chi connectivity index (χ3n) is 3.27. The number of benzene rings is 2. The van der Waals surface area contributed by atoms with Gasteiger partial charge in [-0.05, 0) is 31.0 Å². The standard InChI is InChI=1S/C16H13ClN2/c1-10-6-3-4-8-12(10)16-18-14-11(2)7-5-9-13(14)15(17)19-16/h3-9H,1-2H3. The molecule has 0 saturated heterocycles. The zero-order valence-electron chi connectivity index (χ0n) is 10.8. The van der Waals surface area contributed by atoms with Crippen molar-refractivity contribution >= 4 is 22.5 Å². The van der Waals surface area contributed by atoms with Crippen LogP contribution in [0.15, 0.2) is 42.5 Å². The highest BCUT2D eigenvalue weighted by molar-refractivity contribution is 6.34. The Balaban J connectivity index is 2.33. The first kappa shape index (κ1) is 12.1. The van der Waals surface area contributed by atoms with E-state index in [9.17, 15) is 0 Å². The van der Waals surface area contributed by atoms with Gasteiger partial charge in [0.2, 0.25) is 0 Å². The highest BCUT2D eigenvalue weighted by atomic mass is 35.5. The van der Waals surface area contributed by atoms with E-state index in [1.165, 1.54) is 0 Å². The highest BCUT2D eigenvalue weighted by Gasteiger charge is 2.10. The predicted molar refractivity (Wildman–Crippen MR) is 79.5 cm³/mol. The minimum atomic E-state index is 0.506. The van der Waals surface area contributed by atoms with Gasteiger partial charge >= 0.3 is 0 Å². The fraction of sp³-hybridized carbons (Fsp3) is 0.125. The Labute approximate surface area is 117 Å². The van der Waals surface area contributed by atoms with Crippen molar-refractivity contribution in [3.8, 4) is 11.4 Å². The van der Waals surface area contributed by atoms with Gasteiger partial charge in [-0.3, -0.25) is 0 Å². The third-order valence-corrected chi connectivity index (χ3v) is 3.56. The highest BCUT2D eigenvalue weighted by Crippen LogP contribution is 2.27. The number of nitrogens with zero attached hydrogens (tertiary/aromatic N) is 2. The van der Waals surface area contributed by atoms with Crippen molar-refractivity contribution in [1.82, 2.24) is 9.97 Å². The van der Waals surface area contributed by atoms with Gasteiger partial charge in [-0.15, -0.1) is 0 Å². The van der Waals surface area contributed by atoms with Crippen molar-refractivity contribution in [2.75, 3.05) is 0 Å². The molecule has 0 fully saturated rings. The Morgan fingerprint density at radius 2 is 1.58 bits per heavy atom. The minimum absolute atomic E-state index is 0.506. The summed E-state index contributed by atoms with van der Waals surface area (Å²) >= 11 is 6.29. The van der Waals surface area contributed by atoms with Crippen molar-refractivity contribution in [3.63, 3.8) is 0 Å². The van der Waals surface area contributed by atoms with E-state index in [0.29, 0.717) is 11.0 Å². The van der Waals surface area contributed by atoms with Crippen molar-refractivity contribution in [2.45, 2.75) is 13.8 Å². The number of rotatable bonds is 1. The molecule has 0 radical (unpaired) electrons. The molecule has 2 aromatic carbocycles. The van der Waals surface area contributed by atoms with Gasteiger partial charge in [-0.1, -0.05) is 48.0 Å². The van der Waals surface area contributed by atoms with Gasteiger partial charge in [-0.2, -0.15) is 0 Å². The predicted octanol–water partition coefficient (Wildman–Crippen LogP) is 4.57. The Morgan fingerprint density at radius 1 is 0.842 bits per heavy atom. The molecule has 3 heteroatoms. The molecular formula is C16H13ClN2. The number of halogens is 1. The summed E-state index contributed by atoms with van der Waals surface area (Å²) in [7, 11) is 0. The molecule has 3 rings (SSSR count). The Bertz CT molecular complexity index is 766. The fourth-order valence-electron chi connectivity index (χ4n) is 2.20. The minimum Gasteiger partial charge on any atom is -0.228 e. The second-order valence-corrected chi connectivity index (χ2v) is 4.98. The molecule has 0 unspecified atom stereocenters. The van der Waals surface area contributed by atoms with Crippen LogP contribution in [0.3, 0.4) is 0 Å². The topological polar surface area (TPSA) is 25.8 Å². The summed E-state index contributed by atoms with van der Waals surface area (Å²) in [4.78, 5) is 9.10. The second kappa shape index (κ2) is 4.63. The number of para-hydroxylation sites is 1.